The van der Waals surface area contributed by atoms with Crippen LogP contribution in [0.15, 0.2) is 60.8 Å². The molecule has 0 rings (SSSR count). The number of carbonyl (C=O) groups excluding carboxylic acids is 3. The number of unbranched alkanes of at least 4 members (excludes halogenated alkanes) is 47. The lowest BCUT2D eigenvalue weighted by Crippen LogP contribution is -2.30. The summed E-state index contributed by atoms with van der Waals surface area (Å²) in [6.07, 6.45) is 92.6. The predicted octanol–water partition coefficient (Wildman–Crippen LogP) is 25.5. The van der Waals surface area contributed by atoms with Crippen LogP contribution >= 0.6 is 0 Å². The van der Waals surface area contributed by atoms with Gasteiger partial charge in [0.25, 0.3) is 0 Å². The third kappa shape index (κ3) is 69.8. The van der Waals surface area contributed by atoms with Crippen molar-refractivity contribution in [3.8, 4) is 0 Å². The minimum atomic E-state index is -0.779. The monoisotopic (exact) mass is 1160 g/mol. The maximum absolute atomic E-state index is 13.0. The first-order valence-corrected chi connectivity index (χ1v) is 36.8. The van der Waals surface area contributed by atoms with Crippen LogP contribution in [0.4, 0.5) is 0 Å². The van der Waals surface area contributed by atoms with Crippen LogP contribution < -0.4 is 0 Å². The Labute approximate surface area is 517 Å². The standard InChI is InChI=1S/C77H140O6/c1-4-7-10-13-16-19-22-25-27-29-31-33-35-36-37-38-39-40-42-43-45-47-49-52-55-58-61-64-67-70-76(79)82-73-74(72-81-75(78)69-66-63-60-57-54-51-24-21-18-15-12-9-6-3)83-77(80)71-68-65-62-59-56-53-50-48-46-44-41-34-32-30-28-26-23-20-17-14-11-8-5-2/h8,11,17,20,26,28,32,34,44,46,74H,4-7,9-10,12-16,18-19,21-25,27,29-31,33,35-43,45,47-73H2,1-3H3/b11-8-,20-17-,28-26-,34-32-,46-44-. The fourth-order valence-electron chi connectivity index (χ4n) is 11.1. The van der Waals surface area contributed by atoms with Crippen LogP contribution in [0.5, 0.6) is 0 Å². The zero-order valence-electron chi connectivity index (χ0n) is 55.7. The first-order chi connectivity index (χ1) is 41.0. The van der Waals surface area contributed by atoms with E-state index in [1.165, 1.54) is 257 Å². The molecule has 0 aromatic carbocycles. The molecule has 0 amide bonds. The van der Waals surface area contributed by atoms with Gasteiger partial charge in [0.2, 0.25) is 0 Å². The molecule has 6 nitrogen and oxygen atoms in total. The summed E-state index contributed by atoms with van der Waals surface area (Å²) in [5, 5.41) is 0. The van der Waals surface area contributed by atoms with E-state index in [1.54, 1.807) is 0 Å². The van der Waals surface area contributed by atoms with Crippen molar-refractivity contribution in [2.24, 2.45) is 0 Å². The van der Waals surface area contributed by atoms with Gasteiger partial charge in [-0.2, -0.15) is 0 Å². The number of rotatable bonds is 68. The van der Waals surface area contributed by atoms with Crippen LogP contribution in [0.2, 0.25) is 0 Å². The predicted molar refractivity (Wildman–Crippen MR) is 362 cm³/mol. The van der Waals surface area contributed by atoms with Crippen molar-refractivity contribution in [2.45, 2.75) is 399 Å². The Morgan fingerprint density at radius 3 is 0.735 bits per heavy atom. The molecule has 0 aromatic rings. The van der Waals surface area contributed by atoms with Gasteiger partial charge in [-0.05, 0) is 64.2 Å². The molecule has 0 bridgehead atoms. The SMILES string of the molecule is CC/C=C\C/C=C\C/C=C\C/C=C\C/C=C\CCCCCCCCCC(=O)OC(COC(=O)CCCCCCCCCCCCCCC)COC(=O)CCCCCCCCCCCCCCCCCCCCCCCCCCCCCCC. The van der Waals surface area contributed by atoms with Crippen molar-refractivity contribution < 1.29 is 28.6 Å². The minimum Gasteiger partial charge on any atom is -0.462 e. The Bertz CT molecular complexity index is 1470. The second-order valence-corrected chi connectivity index (χ2v) is 24.8. The third-order valence-electron chi connectivity index (χ3n) is 16.5. The molecule has 0 fully saturated rings. The van der Waals surface area contributed by atoms with E-state index < -0.39 is 6.10 Å². The van der Waals surface area contributed by atoms with Crippen molar-refractivity contribution in [3.05, 3.63) is 60.8 Å². The third-order valence-corrected chi connectivity index (χ3v) is 16.5. The molecule has 0 saturated carbocycles. The largest absolute Gasteiger partial charge is 0.462 e. The highest BCUT2D eigenvalue weighted by Crippen LogP contribution is 2.19. The summed E-state index contributed by atoms with van der Waals surface area (Å²) in [7, 11) is 0. The highest BCUT2D eigenvalue weighted by atomic mass is 16.6. The van der Waals surface area contributed by atoms with Gasteiger partial charge in [-0.3, -0.25) is 14.4 Å². The Hall–Kier alpha value is -2.89. The lowest BCUT2D eigenvalue weighted by molar-refractivity contribution is -0.167. The molecule has 0 radical (unpaired) electrons. The molecule has 6 heteroatoms. The van der Waals surface area contributed by atoms with E-state index in [1.807, 2.05) is 0 Å². The molecule has 0 aliphatic rings. The first kappa shape index (κ1) is 80.1. The van der Waals surface area contributed by atoms with E-state index in [2.05, 4.69) is 81.5 Å². The van der Waals surface area contributed by atoms with Gasteiger partial charge in [-0.15, -0.1) is 0 Å². The second-order valence-electron chi connectivity index (χ2n) is 24.8. The van der Waals surface area contributed by atoms with Crippen molar-refractivity contribution >= 4 is 17.9 Å². The van der Waals surface area contributed by atoms with Crippen LogP contribution in [0.3, 0.4) is 0 Å². The smallest absolute Gasteiger partial charge is 0.306 e. The second kappa shape index (κ2) is 71.6. The van der Waals surface area contributed by atoms with E-state index in [9.17, 15) is 14.4 Å². The molecule has 0 spiro atoms. The van der Waals surface area contributed by atoms with Gasteiger partial charge >= 0.3 is 17.9 Å². The zero-order valence-corrected chi connectivity index (χ0v) is 55.7. The van der Waals surface area contributed by atoms with Crippen LogP contribution in [0.1, 0.15) is 393 Å². The first-order valence-electron chi connectivity index (χ1n) is 36.8. The number of carbonyl (C=O) groups is 3. The van der Waals surface area contributed by atoms with E-state index in [0.717, 1.165) is 96.3 Å². The van der Waals surface area contributed by atoms with Gasteiger partial charge in [0, 0.05) is 19.3 Å². The van der Waals surface area contributed by atoms with Crippen LogP contribution in [0.25, 0.3) is 0 Å². The summed E-state index contributed by atoms with van der Waals surface area (Å²) in [6.45, 7) is 6.59. The number of hydrogen-bond acceptors (Lipinski definition) is 6. The fourth-order valence-corrected chi connectivity index (χ4v) is 11.1. The number of allylic oxidation sites excluding steroid dienone is 10. The maximum atomic E-state index is 13.0. The Kier molecular flexibility index (Phi) is 69.1. The lowest BCUT2D eigenvalue weighted by atomic mass is 10.0. The van der Waals surface area contributed by atoms with Gasteiger partial charge < -0.3 is 14.2 Å². The molecular weight excluding hydrogens is 1020 g/mol. The average Bonchev–Trinajstić information content (AvgIpc) is 3.49. The summed E-state index contributed by atoms with van der Waals surface area (Å²) in [5.74, 6) is -0.858. The van der Waals surface area contributed by atoms with Crippen LogP contribution in [-0.2, 0) is 28.6 Å². The van der Waals surface area contributed by atoms with Gasteiger partial charge in [0.05, 0.1) is 0 Å². The number of ether oxygens (including phenoxy) is 3. The van der Waals surface area contributed by atoms with Crippen molar-refractivity contribution in [2.75, 3.05) is 13.2 Å². The van der Waals surface area contributed by atoms with Crippen molar-refractivity contribution in [3.63, 3.8) is 0 Å². The van der Waals surface area contributed by atoms with E-state index in [0.29, 0.717) is 19.3 Å². The molecule has 0 saturated heterocycles. The van der Waals surface area contributed by atoms with Crippen molar-refractivity contribution in [1.29, 1.82) is 0 Å². The number of hydrogen-bond donors (Lipinski definition) is 0. The minimum absolute atomic E-state index is 0.0736. The molecule has 0 aliphatic carbocycles. The fraction of sp³-hybridized carbons (Fsp3) is 0.831. The summed E-state index contributed by atoms with van der Waals surface area (Å²) in [6, 6.07) is 0. The van der Waals surface area contributed by atoms with Crippen LogP contribution in [-0.4, -0.2) is 37.2 Å². The normalized spacial score (nSPS) is 12.4. The molecule has 484 valence electrons. The van der Waals surface area contributed by atoms with E-state index in [-0.39, 0.29) is 31.1 Å². The Morgan fingerprint density at radius 1 is 0.253 bits per heavy atom. The molecule has 0 N–H and O–H groups in total. The Balaban J connectivity index is 4.22. The molecule has 0 aromatic heterocycles. The van der Waals surface area contributed by atoms with E-state index in [4.69, 9.17) is 14.2 Å². The molecule has 1 atom stereocenters. The Morgan fingerprint density at radius 2 is 0.470 bits per heavy atom. The van der Waals surface area contributed by atoms with Gasteiger partial charge in [-0.1, -0.05) is 370 Å². The molecule has 0 heterocycles. The highest BCUT2D eigenvalue weighted by molar-refractivity contribution is 5.71. The topological polar surface area (TPSA) is 78.9 Å². The maximum Gasteiger partial charge on any atom is 0.306 e. The van der Waals surface area contributed by atoms with E-state index >= 15 is 0 Å². The van der Waals surface area contributed by atoms with Crippen LogP contribution in [0, 0.1) is 0 Å². The quantitative estimate of drug-likeness (QED) is 0.0261. The lowest BCUT2D eigenvalue weighted by Gasteiger charge is -2.18. The summed E-state index contributed by atoms with van der Waals surface area (Å²) in [5.41, 5.74) is 0. The molecule has 0 aliphatic heterocycles. The van der Waals surface area contributed by atoms with Crippen molar-refractivity contribution in [1.82, 2.24) is 0 Å². The molecular formula is C77H140O6. The van der Waals surface area contributed by atoms with Gasteiger partial charge in [0.1, 0.15) is 13.2 Å². The summed E-state index contributed by atoms with van der Waals surface area (Å²) < 4.78 is 17.0. The summed E-state index contributed by atoms with van der Waals surface area (Å²) >= 11 is 0. The van der Waals surface area contributed by atoms with Gasteiger partial charge in [-0.25, -0.2) is 0 Å². The summed E-state index contributed by atoms with van der Waals surface area (Å²) in [4.78, 5) is 38.5. The number of esters is 3. The zero-order chi connectivity index (χ0) is 59.9. The van der Waals surface area contributed by atoms with Gasteiger partial charge in [0.15, 0.2) is 6.10 Å². The average molecular weight is 1160 g/mol. The molecule has 1 unspecified atom stereocenters. The highest BCUT2D eigenvalue weighted by Gasteiger charge is 2.19. The molecule has 83 heavy (non-hydrogen) atoms.